The zero-order valence-electron chi connectivity index (χ0n) is 17.2. The maximum atomic E-state index is 5.95. The molecule has 3 N–H and O–H groups in total. The van der Waals surface area contributed by atoms with Crippen LogP contribution in [0.4, 0.5) is 5.82 Å². The van der Waals surface area contributed by atoms with Crippen LogP contribution >= 0.6 is 0 Å². The van der Waals surface area contributed by atoms with Crippen LogP contribution in [-0.2, 0) is 0 Å². The molecule has 4 aliphatic rings. The summed E-state index contributed by atoms with van der Waals surface area (Å²) < 4.78 is 0. The fourth-order valence-electron chi connectivity index (χ4n) is 8.31. The van der Waals surface area contributed by atoms with Crippen molar-refractivity contribution in [1.82, 2.24) is 9.97 Å². The van der Waals surface area contributed by atoms with E-state index in [1.165, 1.54) is 57.8 Å². The first-order chi connectivity index (χ1) is 13.1. The lowest BCUT2D eigenvalue weighted by Crippen LogP contribution is -2.48. The molecule has 1 heterocycles. The molecule has 1 aromatic rings. The third-order valence-electron chi connectivity index (χ3n) is 9.40. The Morgan fingerprint density at radius 1 is 1.07 bits per heavy atom. The van der Waals surface area contributed by atoms with E-state index in [4.69, 9.17) is 5.73 Å². The summed E-state index contributed by atoms with van der Waals surface area (Å²) in [4.78, 5) is 8.01. The molecule has 148 valence electrons. The summed E-state index contributed by atoms with van der Waals surface area (Å²) in [6.07, 6.45) is 19.5. The van der Waals surface area contributed by atoms with Crippen molar-refractivity contribution in [2.24, 2.45) is 40.9 Å². The Balaban J connectivity index is 1.35. The second-order valence-corrected chi connectivity index (χ2v) is 10.4. The smallest absolute Gasteiger partial charge is 0.120 e. The first-order valence-corrected chi connectivity index (χ1v) is 11.5. The number of hydrogen-bond donors (Lipinski definition) is 2. The van der Waals surface area contributed by atoms with Crippen molar-refractivity contribution in [3.05, 3.63) is 24.2 Å². The molecule has 0 bridgehead atoms. The minimum atomic E-state index is 0.431. The van der Waals surface area contributed by atoms with Crippen LogP contribution in [0.25, 0.3) is 0 Å². The number of rotatable bonds is 2. The number of nitrogens with two attached hydrogens (primary N) is 1. The number of imidazole rings is 1. The summed E-state index contributed by atoms with van der Waals surface area (Å²) in [5.74, 6) is 8.25. The third kappa shape index (κ3) is 2.79. The second-order valence-electron chi connectivity index (χ2n) is 10.4. The van der Waals surface area contributed by atoms with Crippen LogP contribution in [-0.4, -0.2) is 9.97 Å². The number of aromatic nitrogens is 2. The van der Waals surface area contributed by atoms with Crippen molar-refractivity contribution in [3.63, 3.8) is 0 Å². The fraction of sp³-hybridized carbons (Fsp3) is 0.792. The van der Waals surface area contributed by atoms with Crippen LogP contribution in [0.3, 0.4) is 0 Å². The van der Waals surface area contributed by atoms with Gasteiger partial charge in [0.25, 0.3) is 0 Å². The number of fused-ring (bicyclic) bond motifs is 5. The normalized spacial score (nSPS) is 46.8. The van der Waals surface area contributed by atoms with Gasteiger partial charge in [-0.1, -0.05) is 19.1 Å². The van der Waals surface area contributed by atoms with Crippen molar-refractivity contribution >= 4 is 5.82 Å². The first kappa shape index (κ1) is 17.8. The van der Waals surface area contributed by atoms with Gasteiger partial charge in [-0.3, -0.25) is 0 Å². The Labute approximate surface area is 164 Å². The minimum absolute atomic E-state index is 0.431. The SMILES string of the molecule is C/C=C\C1CCC2C(CCC3C2CCC2(C)C3CC[C@@H]2c2ncc(N)[nH]2)C1. The van der Waals surface area contributed by atoms with Crippen molar-refractivity contribution in [1.29, 1.82) is 0 Å². The van der Waals surface area contributed by atoms with E-state index in [-0.39, 0.29) is 0 Å². The van der Waals surface area contributed by atoms with Crippen LogP contribution < -0.4 is 5.73 Å². The summed E-state index contributed by atoms with van der Waals surface area (Å²) in [6, 6.07) is 0. The molecule has 0 saturated heterocycles. The Morgan fingerprint density at radius 2 is 1.93 bits per heavy atom. The van der Waals surface area contributed by atoms with Gasteiger partial charge in [-0.2, -0.15) is 0 Å². The summed E-state index contributed by atoms with van der Waals surface area (Å²) >= 11 is 0. The largest absolute Gasteiger partial charge is 0.384 e. The van der Waals surface area contributed by atoms with E-state index in [2.05, 4.69) is 36.0 Å². The standard InChI is InChI=1S/C24H37N3/c1-3-4-15-5-7-17-16(13-15)6-8-19-18(17)11-12-24(2)20(19)9-10-21(24)23-26-14-22(25)27-23/h3-4,14-21H,5-13,25H2,1-2H3,(H,26,27)/b4-3-/t15?,16?,17?,18?,19?,20?,21-,24?/m1/s1. The maximum Gasteiger partial charge on any atom is 0.120 e. The zero-order chi connectivity index (χ0) is 18.6. The molecular formula is C24H37N3. The predicted octanol–water partition coefficient (Wildman–Crippen LogP) is 5.92. The molecular weight excluding hydrogens is 330 g/mol. The summed E-state index contributed by atoms with van der Waals surface area (Å²) in [5, 5.41) is 0. The molecule has 0 aliphatic heterocycles. The quantitative estimate of drug-likeness (QED) is 0.637. The molecule has 0 amide bonds. The molecule has 0 spiro atoms. The molecule has 1 aromatic heterocycles. The van der Waals surface area contributed by atoms with Gasteiger partial charge in [-0.25, -0.2) is 4.98 Å². The van der Waals surface area contributed by atoms with Gasteiger partial charge in [-0.15, -0.1) is 0 Å². The van der Waals surface area contributed by atoms with Crippen LogP contribution in [0.1, 0.15) is 83.4 Å². The number of nitrogens with one attached hydrogen (secondary N) is 1. The molecule has 5 rings (SSSR count). The highest BCUT2D eigenvalue weighted by molar-refractivity contribution is 5.27. The Hall–Kier alpha value is -1.25. The number of nitrogens with zero attached hydrogens (tertiary/aromatic N) is 1. The van der Waals surface area contributed by atoms with Gasteiger partial charge in [-0.05, 0) is 106 Å². The average molecular weight is 368 g/mol. The highest BCUT2D eigenvalue weighted by atomic mass is 15.0. The first-order valence-electron chi connectivity index (χ1n) is 11.5. The average Bonchev–Trinajstić information content (AvgIpc) is 3.24. The highest BCUT2D eigenvalue weighted by Crippen LogP contribution is 2.66. The molecule has 8 atom stereocenters. The van der Waals surface area contributed by atoms with Crippen molar-refractivity contribution in [2.45, 2.75) is 77.6 Å². The molecule has 0 radical (unpaired) electrons. The molecule has 3 nitrogen and oxygen atoms in total. The van der Waals surface area contributed by atoms with E-state index in [0.29, 0.717) is 11.3 Å². The lowest BCUT2D eigenvalue weighted by atomic mass is 9.49. The van der Waals surface area contributed by atoms with Gasteiger partial charge < -0.3 is 10.7 Å². The van der Waals surface area contributed by atoms with Gasteiger partial charge in [0.05, 0.1) is 6.20 Å². The third-order valence-corrected chi connectivity index (χ3v) is 9.40. The van der Waals surface area contributed by atoms with Gasteiger partial charge in [0.15, 0.2) is 0 Å². The molecule has 4 aliphatic carbocycles. The molecule has 3 heteroatoms. The minimum Gasteiger partial charge on any atom is -0.384 e. The monoisotopic (exact) mass is 367 g/mol. The topological polar surface area (TPSA) is 54.7 Å². The summed E-state index contributed by atoms with van der Waals surface area (Å²) in [5.41, 5.74) is 6.38. The number of aromatic amines is 1. The molecule has 4 saturated carbocycles. The zero-order valence-corrected chi connectivity index (χ0v) is 17.2. The van der Waals surface area contributed by atoms with E-state index in [9.17, 15) is 0 Å². The Bertz CT molecular complexity index is 706. The van der Waals surface area contributed by atoms with E-state index >= 15 is 0 Å². The highest BCUT2D eigenvalue weighted by Gasteiger charge is 2.57. The van der Waals surface area contributed by atoms with Crippen molar-refractivity contribution < 1.29 is 0 Å². The van der Waals surface area contributed by atoms with E-state index in [0.717, 1.165) is 47.1 Å². The number of H-pyrrole nitrogens is 1. The number of allylic oxidation sites excluding steroid dienone is 2. The summed E-state index contributed by atoms with van der Waals surface area (Å²) in [6.45, 7) is 4.77. The van der Waals surface area contributed by atoms with Crippen LogP contribution in [0.2, 0.25) is 0 Å². The van der Waals surface area contributed by atoms with Crippen LogP contribution in [0, 0.1) is 40.9 Å². The van der Waals surface area contributed by atoms with Crippen molar-refractivity contribution in [2.75, 3.05) is 5.73 Å². The Kier molecular flexibility index (Phi) is 4.40. The summed E-state index contributed by atoms with van der Waals surface area (Å²) in [7, 11) is 0. The van der Waals surface area contributed by atoms with E-state index in [1.807, 2.05) is 6.20 Å². The van der Waals surface area contributed by atoms with Gasteiger partial charge >= 0.3 is 0 Å². The predicted molar refractivity (Wildman–Crippen MR) is 111 cm³/mol. The second kappa shape index (κ2) is 6.67. The number of anilines is 1. The lowest BCUT2D eigenvalue weighted by Gasteiger charge is -2.56. The van der Waals surface area contributed by atoms with E-state index < -0.39 is 0 Å². The molecule has 4 fully saturated rings. The van der Waals surface area contributed by atoms with E-state index in [1.54, 1.807) is 0 Å². The van der Waals surface area contributed by atoms with Gasteiger partial charge in [0.1, 0.15) is 11.6 Å². The fourth-order valence-corrected chi connectivity index (χ4v) is 8.31. The Morgan fingerprint density at radius 3 is 2.70 bits per heavy atom. The number of hydrogen-bond acceptors (Lipinski definition) is 2. The van der Waals surface area contributed by atoms with Crippen LogP contribution in [0.15, 0.2) is 18.3 Å². The molecule has 27 heavy (non-hydrogen) atoms. The number of nitrogen functional groups attached to an aromatic ring is 1. The van der Waals surface area contributed by atoms with Gasteiger partial charge in [0.2, 0.25) is 0 Å². The molecule has 7 unspecified atom stereocenters. The lowest BCUT2D eigenvalue weighted by molar-refractivity contribution is -0.0584. The maximum absolute atomic E-state index is 5.95. The van der Waals surface area contributed by atoms with Gasteiger partial charge in [0, 0.05) is 5.92 Å². The van der Waals surface area contributed by atoms with Crippen molar-refractivity contribution in [3.8, 4) is 0 Å². The molecule has 0 aromatic carbocycles. The van der Waals surface area contributed by atoms with Crippen LogP contribution in [0.5, 0.6) is 0 Å².